The fourth-order valence-electron chi connectivity index (χ4n) is 5.67. The quantitative estimate of drug-likeness (QED) is 0.440. The van der Waals surface area contributed by atoms with Crippen LogP contribution in [0, 0.1) is 5.41 Å². The molecule has 2 aromatic heterocycles. The number of carbonyl (C=O) groups is 1. The van der Waals surface area contributed by atoms with Gasteiger partial charge in [-0.15, -0.1) is 13.2 Å². The number of nitrogen functional groups attached to an aromatic ring is 1. The summed E-state index contributed by atoms with van der Waals surface area (Å²) in [5.74, 6) is 0.155. The molecule has 2 aromatic carbocycles. The highest BCUT2D eigenvalue weighted by Crippen LogP contribution is 2.59. The molecule has 1 aliphatic carbocycles. The van der Waals surface area contributed by atoms with Gasteiger partial charge in [-0.1, -0.05) is 0 Å². The summed E-state index contributed by atoms with van der Waals surface area (Å²) >= 11 is 0. The number of carbonyl (C=O) groups excluding carboxylic acids is 1. The highest BCUT2D eigenvalue weighted by Gasteiger charge is 2.56. The minimum atomic E-state index is -4.80. The number of benzene rings is 2. The number of ether oxygens (including phenoxy) is 2. The summed E-state index contributed by atoms with van der Waals surface area (Å²) in [5, 5.41) is 0. The summed E-state index contributed by atoms with van der Waals surface area (Å²) in [4.78, 5) is 24.3. The number of likely N-dealkylation sites (tertiary alicyclic amines) is 1. The molecule has 36 heavy (non-hydrogen) atoms. The SMILES string of the molecule is Nc1nc2ccc(C(=O)N3CC4(CC4)C[C@@H]4Oc5cc(OC(F)(F)F)ccc5[C@@H]43)cc2n2cncc12. The van der Waals surface area contributed by atoms with Crippen molar-refractivity contribution in [3.8, 4) is 11.5 Å². The van der Waals surface area contributed by atoms with E-state index in [0.29, 0.717) is 45.8 Å². The van der Waals surface area contributed by atoms with Crippen LogP contribution in [0.3, 0.4) is 0 Å². The fraction of sp³-hybridized carbons (Fsp3) is 0.320. The predicted octanol–water partition coefficient (Wildman–Crippen LogP) is 4.49. The summed E-state index contributed by atoms with van der Waals surface area (Å²) in [7, 11) is 0. The average Bonchev–Trinajstić information content (AvgIpc) is 3.23. The maximum Gasteiger partial charge on any atom is 0.573 e. The Labute approximate surface area is 202 Å². The number of amides is 1. The number of anilines is 1. The molecule has 1 saturated heterocycles. The van der Waals surface area contributed by atoms with Gasteiger partial charge in [0.15, 0.2) is 0 Å². The highest BCUT2D eigenvalue weighted by molar-refractivity contribution is 5.98. The second kappa shape index (κ2) is 7.02. The second-order valence-electron chi connectivity index (χ2n) is 9.84. The number of piperidine rings is 1. The Balaban J connectivity index is 1.28. The van der Waals surface area contributed by atoms with Gasteiger partial charge in [0.1, 0.15) is 28.9 Å². The van der Waals surface area contributed by atoms with Crippen LogP contribution in [0.4, 0.5) is 19.0 Å². The van der Waals surface area contributed by atoms with Crippen LogP contribution in [0.25, 0.3) is 16.6 Å². The zero-order valence-electron chi connectivity index (χ0n) is 18.8. The van der Waals surface area contributed by atoms with Crippen LogP contribution in [0.2, 0.25) is 0 Å². The van der Waals surface area contributed by atoms with Crippen LogP contribution >= 0.6 is 0 Å². The largest absolute Gasteiger partial charge is 0.573 e. The van der Waals surface area contributed by atoms with Crippen LogP contribution in [-0.4, -0.2) is 44.2 Å². The third-order valence-electron chi connectivity index (χ3n) is 7.49. The molecule has 4 aromatic rings. The molecule has 2 N–H and O–H groups in total. The molecule has 1 amide bonds. The molecule has 184 valence electrons. The first-order valence-corrected chi connectivity index (χ1v) is 11.6. The summed E-state index contributed by atoms with van der Waals surface area (Å²) in [6, 6.07) is 8.95. The molecule has 0 unspecified atom stereocenters. The van der Waals surface area contributed by atoms with Gasteiger partial charge in [0.05, 0.1) is 29.6 Å². The average molecular weight is 495 g/mol. The zero-order chi connectivity index (χ0) is 24.8. The molecule has 1 spiro atoms. The number of alkyl halides is 3. The molecule has 3 aliphatic rings. The number of rotatable bonds is 2. The molecular weight excluding hydrogens is 475 g/mol. The number of halogens is 3. The van der Waals surface area contributed by atoms with Crippen molar-refractivity contribution in [2.45, 2.75) is 37.8 Å². The van der Waals surface area contributed by atoms with E-state index in [-0.39, 0.29) is 23.2 Å². The molecular formula is C25H20F3N5O3. The van der Waals surface area contributed by atoms with E-state index in [2.05, 4.69) is 14.7 Å². The van der Waals surface area contributed by atoms with Crippen molar-refractivity contribution >= 4 is 28.3 Å². The van der Waals surface area contributed by atoms with Crippen molar-refractivity contribution < 1.29 is 27.4 Å². The lowest BCUT2D eigenvalue weighted by Crippen LogP contribution is -2.49. The maximum atomic E-state index is 13.9. The first-order valence-electron chi connectivity index (χ1n) is 11.6. The molecule has 8 nitrogen and oxygen atoms in total. The number of imidazole rings is 1. The minimum Gasteiger partial charge on any atom is -0.487 e. The van der Waals surface area contributed by atoms with Gasteiger partial charge in [-0.05, 0) is 55.0 Å². The van der Waals surface area contributed by atoms with Crippen LogP contribution < -0.4 is 15.2 Å². The lowest BCUT2D eigenvalue weighted by atomic mass is 9.85. The predicted molar refractivity (Wildman–Crippen MR) is 123 cm³/mol. The van der Waals surface area contributed by atoms with E-state index in [9.17, 15) is 18.0 Å². The van der Waals surface area contributed by atoms with Crippen molar-refractivity contribution in [1.82, 2.24) is 19.3 Å². The molecule has 2 fully saturated rings. The topological polar surface area (TPSA) is 95.0 Å². The molecule has 2 aliphatic heterocycles. The summed E-state index contributed by atoms with van der Waals surface area (Å²) in [6.45, 7) is 0.565. The number of aromatic nitrogens is 3. The summed E-state index contributed by atoms with van der Waals surface area (Å²) in [5.41, 5.74) is 9.17. The Hall–Kier alpha value is -4.02. The Morgan fingerprint density at radius 2 is 2.00 bits per heavy atom. The molecule has 7 rings (SSSR count). The Morgan fingerprint density at radius 3 is 2.78 bits per heavy atom. The van der Waals surface area contributed by atoms with Gasteiger partial charge in [-0.3, -0.25) is 9.20 Å². The van der Waals surface area contributed by atoms with Crippen LogP contribution in [0.15, 0.2) is 48.9 Å². The van der Waals surface area contributed by atoms with Crippen molar-refractivity contribution in [3.63, 3.8) is 0 Å². The highest BCUT2D eigenvalue weighted by atomic mass is 19.4. The molecule has 0 bridgehead atoms. The summed E-state index contributed by atoms with van der Waals surface area (Å²) in [6.07, 6.45) is 0.840. The number of nitrogens with two attached hydrogens (primary N) is 1. The van der Waals surface area contributed by atoms with E-state index >= 15 is 0 Å². The summed E-state index contributed by atoms with van der Waals surface area (Å²) < 4.78 is 50.2. The third kappa shape index (κ3) is 3.25. The lowest BCUT2D eigenvalue weighted by Gasteiger charge is -2.41. The van der Waals surface area contributed by atoms with E-state index in [4.69, 9.17) is 10.5 Å². The van der Waals surface area contributed by atoms with Crippen LogP contribution in [0.5, 0.6) is 11.5 Å². The van der Waals surface area contributed by atoms with E-state index in [0.717, 1.165) is 19.3 Å². The molecule has 2 atom stereocenters. The fourth-order valence-corrected chi connectivity index (χ4v) is 5.67. The lowest BCUT2D eigenvalue weighted by molar-refractivity contribution is -0.274. The van der Waals surface area contributed by atoms with Crippen LogP contribution in [-0.2, 0) is 0 Å². The van der Waals surface area contributed by atoms with Crippen molar-refractivity contribution in [2.75, 3.05) is 12.3 Å². The van der Waals surface area contributed by atoms with Gasteiger partial charge in [0, 0.05) is 23.7 Å². The van der Waals surface area contributed by atoms with Crippen LogP contribution in [0.1, 0.15) is 41.2 Å². The molecule has 0 radical (unpaired) electrons. The monoisotopic (exact) mass is 495 g/mol. The molecule has 11 heteroatoms. The van der Waals surface area contributed by atoms with Gasteiger partial charge < -0.3 is 20.1 Å². The normalized spacial score (nSPS) is 21.9. The Bertz CT molecular complexity index is 1560. The van der Waals surface area contributed by atoms with Crippen molar-refractivity contribution in [3.05, 3.63) is 60.0 Å². The van der Waals surface area contributed by atoms with E-state index in [1.807, 2.05) is 4.90 Å². The van der Waals surface area contributed by atoms with Gasteiger partial charge >= 0.3 is 6.36 Å². The maximum absolute atomic E-state index is 13.9. The Morgan fingerprint density at radius 1 is 1.17 bits per heavy atom. The molecule has 1 saturated carbocycles. The first-order chi connectivity index (χ1) is 17.2. The second-order valence-corrected chi connectivity index (χ2v) is 9.84. The number of nitrogens with zero attached hydrogens (tertiary/aromatic N) is 4. The van der Waals surface area contributed by atoms with Gasteiger partial charge in [0.2, 0.25) is 0 Å². The zero-order valence-corrected chi connectivity index (χ0v) is 18.8. The smallest absolute Gasteiger partial charge is 0.487 e. The van der Waals surface area contributed by atoms with Crippen molar-refractivity contribution in [1.29, 1.82) is 0 Å². The number of hydrogen-bond donors (Lipinski definition) is 1. The van der Waals surface area contributed by atoms with Gasteiger partial charge in [-0.2, -0.15) is 0 Å². The minimum absolute atomic E-state index is 0.0192. The van der Waals surface area contributed by atoms with E-state index in [1.165, 1.54) is 12.1 Å². The Kier molecular flexibility index (Phi) is 4.15. The molecule has 4 heterocycles. The standard InChI is InChI=1S/C25H20F3N5O3/c26-25(27,28)36-14-2-3-15-19(8-14)35-20-9-24(5-6-24)11-32(21(15)20)23(34)13-1-4-16-17(7-13)33-12-30-10-18(33)22(29)31-16/h1-4,7-8,10,12,20-21H,5-6,9,11H2,(H2,29,31)/t20-,21-/m0/s1. The van der Waals surface area contributed by atoms with E-state index in [1.54, 1.807) is 41.2 Å². The number of fused-ring (bicyclic) bond motifs is 6. The van der Waals surface area contributed by atoms with E-state index < -0.39 is 12.4 Å². The van der Waals surface area contributed by atoms with Gasteiger partial charge in [0.25, 0.3) is 5.91 Å². The van der Waals surface area contributed by atoms with Crippen molar-refractivity contribution in [2.24, 2.45) is 5.41 Å². The third-order valence-corrected chi connectivity index (χ3v) is 7.49. The first kappa shape index (κ1) is 21.3. The van der Waals surface area contributed by atoms with Gasteiger partial charge in [-0.25, -0.2) is 9.97 Å². The number of hydrogen-bond acceptors (Lipinski definition) is 6.